The van der Waals surface area contributed by atoms with Crippen molar-refractivity contribution in [1.82, 2.24) is 7.42 Å². The Hall–Kier alpha value is -3.15. The molecule has 0 radical (unpaired) electrons. The van der Waals surface area contributed by atoms with Crippen LogP contribution in [0.3, 0.4) is 0 Å². The minimum Gasteiger partial charge on any atom is -0.223 e. The van der Waals surface area contributed by atoms with Gasteiger partial charge in [0.25, 0.3) is 20.0 Å². The summed E-state index contributed by atoms with van der Waals surface area (Å²) >= 11 is -2.62. The molecule has 4 aromatic carbocycles. The molecule has 0 unspecified atom stereocenters. The number of nitrogens with zero attached hydrogens (tertiary/aromatic N) is 2. The summed E-state index contributed by atoms with van der Waals surface area (Å²) in [5.41, 5.74) is 2.76. The summed E-state index contributed by atoms with van der Waals surface area (Å²) in [4.78, 5) is -0.141. The molecular formula is C28H26N2O5S3. The predicted molar refractivity (Wildman–Crippen MR) is 147 cm³/mol. The summed E-state index contributed by atoms with van der Waals surface area (Å²) in [6.07, 6.45) is 0. The van der Waals surface area contributed by atoms with E-state index >= 15 is 0 Å². The third kappa shape index (κ3) is 4.63. The lowest BCUT2D eigenvalue weighted by Gasteiger charge is -2.26. The van der Waals surface area contributed by atoms with Gasteiger partial charge in [-0.15, -0.1) is 0 Å². The molecule has 0 bridgehead atoms. The molecule has 1 aliphatic rings. The molecule has 10 heteroatoms. The van der Waals surface area contributed by atoms with Crippen molar-refractivity contribution in [3.63, 3.8) is 0 Å². The van der Waals surface area contributed by atoms with Crippen molar-refractivity contribution in [1.29, 1.82) is 0 Å². The minimum atomic E-state index is -4.40. The van der Waals surface area contributed by atoms with Gasteiger partial charge in [0.2, 0.25) is 11.2 Å². The zero-order valence-electron chi connectivity index (χ0n) is 20.7. The van der Waals surface area contributed by atoms with Crippen LogP contribution in [0.1, 0.15) is 34.3 Å². The third-order valence-electron chi connectivity index (χ3n) is 6.45. The maximum absolute atomic E-state index is 14.3. The van der Waals surface area contributed by atoms with E-state index in [1.807, 2.05) is 13.8 Å². The van der Waals surface area contributed by atoms with Gasteiger partial charge in [-0.1, -0.05) is 103 Å². The molecule has 0 saturated carbocycles. The Morgan fingerprint density at radius 1 is 0.526 bits per heavy atom. The third-order valence-corrected chi connectivity index (χ3v) is 12.6. The van der Waals surface area contributed by atoms with Gasteiger partial charge in [-0.25, -0.2) is 21.0 Å². The molecule has 4 aromatic rings. The monoisotopic (exact) mass is 566 g/mol. The summed E-state index contributed by atoms with van der Waals surface area (Å²) < 4.78 is 72.2. The Kier molecular flexibility index (Phi) is 7.10. The van der Waals surface area contributed by atoms with Gasteiger partial charge in [-0.05, 0) is 49.2 Å². The molecule has 1 aliphatic heterocycles. The van der Waals surface area contributed by atoms with Crippen LogP contribution in [-0.2, 0) is 31.2 Å². The highest BCUT2D eigenvalue weighted by Crippen LogP contribution is 2.51. The van der Waals surface area contributed by atoms with Crippen LogP contribution in [0, 0.1) is 13.8 Å². The van der Waals surface area contributed by atoms with E-state index in [1.165, 1.54) is 24.3 Å². The lowest BCUT2D eigenvalue weighted by Crippen LogP contribution is -2.35. The summed E-state index contributed by atoms with van der Waals surface area (Å²) in [6, 6.07) is 27.6. The zero-order valence-corrected chi connectivity index (χ0v) is 23.2. The molecule has 0 amide bonds. The molecule has 1 heterocycles. The quantitative estimate of drug-likeness (QED) is 0.325. The number of benzene rings is 4. The molecule has 0 spiro atoms. The minimum absolute atomic E-state index is 0.0706. The number of hydrogen-bond acceptors (Lipinski definition) is 5. The summed E-state index contributed by atoms with van der Waals surface area (Å²) in [5.74, 6) is 0. The number of rotatable bonds is 6. The smallest absolute Gasteiger partial charge is 0.223 e. The van der Waals surface area contributed by atoms with E-state index in [1.54, 1.807) is 84.9 Å². The second-order valence-electron chi connectivity index (χ2n) is 9.09. The first kappa shape index (κ1) is 26.5. The fraction of sp³-hybridized carbons (Fsp3) is 0.143. The average molecular weight is 567 g/mol. The maximum atomic E-state index is 14.3. The van der Waals surface area contributed by atoms with Crippen LogP contribution in [0.2, 0.25) is 0 Å². The zero-order chi connectivity index (χ0) is 27.1. The highest BCUT2D eigenvalue weighted by molar-refractivity contribution is 8.06. The Morgan fingerprint density at radius 2 is 0.842 bits per heavy atom. The number of hydrogen-bond donors (Lipinski definition) is 0. The standard InChI is InChI=1S/C28H26N2O5S3/c1-21-13-17-25(18-14-21)37(32,33)29-27(23-9-5-3-6-10-23)28(24-11-7-4-8-12-24)30(36(29)31)38(34,35)26-19-15-22(2)16-20-26/h3-20,27-28H,1-2H3/t27-,28-/m0/s1. The van der Waals surface area contributed by atoms with Crippen LogP contribution >= 0.6 is 0 Å². The van der Waals surface area contributed by atoms with Crippen LogP contribution in [-0.4, -0.2) is 28.5 Å². The van der Waals surface area contributed by atoms with E-state index in [0.29, 0.717) is 11.1 Å². The summed E-state index contributed by atoms with van der Waals surface area (Å²) in [7, 11) is -8.80. The van der Waals surface area contributed by atoms with Gasteiger partial charge in [-0.3, -0.25) is 0 Å². The molecule has 2 atom stereocenters. The Morgan fingerprint density at radius 3 is 1.16 bits per heavy atom. The fourth-order valence-electron chi connectivity index (χ4n) is 4.51. The van der Waals surface area contributed by atoms with Crippen molar-refractivity contribution in [2.45, 2.75) is 35.7 Å². The molecule has 1 fully saturated rings. The Labute approximate surface area is 226 Å². The van der Waals surface area contributed by atoms with E-state index in [-0.39, 0.29) is 9.79 Å². The van der Waals surface area contributed by atoms with Crippen molar-refractivity contribution >= 4 is 31.2 Å². The molecule has 196 valence electrons. The van der Waals surface area contributed by atoms with Crippen molar-refractivity contribution < 1.29 is 21.0 Å². The number of aryl methyl sites for hydroxylation is 2. The maximum Gasteiger partial charge on any atom is 0.255 e. The van der Waals surface area contributed by atoms with Crippen molar-refractivity contribution in [3.8, 4) is 0 Å². The van der Waals surface area contributed by atoms with Gasteiger partial charge in [0.05, 0.1) is 21.9 Å². The van der Waals surface area contributed by atoms with Crippen molar-refractivity contribution in [3.05, 3.63) is 131 Å². The van der Waals surface area contributed by atoms with Gasteiger partial charge in [0.1, 0.15) is 0 Å². The molecule has 5 rings (SSSR count). The van der Waals surface area contributed by atoms with Crippen molar-refractivity contribution in [2.24, 2.45) is 0 Å². The van der Waals surface area contributed by atoms with Crippen LogP contribution in [0.4, 0.5) is 0 Å². The predicted octanol–water partition coefficient (Wildman–Crippen LogP) is 5.06. The highest BCUT2D eigenvalue weighted by atomic mass is 32.3. The SMILES string of the molecule is Cc1ccc(S(=O)(=O)N2[C@@H](c3ccccc3)[C@H](c3ccccc3)N(S(=O)(=O)c3ccc(C)cc3)S2=O)cc1. The van der Waals surface area contributed by atoms with Gasteiger partial charge < -0.3 is 0 Å². The molecule has 7 nitrogen and oxygen atoms in total. The molecule has 0 N–H and O–H groups in total. The number of sulfonamides is 2. The van der Waals surface area contributed by atoms with Gasteiger partial charge in [0.15, 0.2) is 0 Å². The lowest BCUT2D eigenvalue weighted by atomic mass is 9.95. The van der Waals surface area contributed by atoms with E-state index < -0.39 is 43.3 Å². The molecular weight excluding hydrogens is 541 g/mol. The average Bonchev–Trinajstić information content (AvgIpc) is 3.24. The van der Waals surface area contributed by atoms with E-state index in [9.17, 15) is 21.0 Å². The second-order valence-corrected chi connectivity index (χ2v) is 14.4. The van der Waals surface area contributed by atoms with E-state index in [4.69, 9.17) is 0 Å². The van der Waals surface area contributed by atoms with Gasteiger partial charge >= 0.3 is 0 Å². The molecule has 1 saturated heterocycles. The Balaban J connectivity index is 1.78. The van der Waals surface area contributed by atoms with Crippen LogP contribution in [0.25, 0.3) is 0 Å². The van der Waals surface area contributed by atoms with Crippen LogP contribution in [0.5, 0.6) is 0 Å². The first-order valence-electron chi connectivity index (χ1n) is 11.9. The normalized spacial score (nSPS) is 19.5. The summed E-state index contributed by atoms with van der Waals surface area (Å²) in [5, 5.41) is 0. The second kappa shape index (κ2) is 10.2. The topological polar surface area (TPSA) is 91.8 Å². The van der Waals surface area contributed by atoms with E-state index in [2.05, 4.69) is 0 Å². The fourth-order valence-corrected chi connectivity index (χ4v) is 10.4. The van der Waals surface area contributed by atoms with Crippen LogP contribution < -0.4 is 0 Å². The van der Waals surface area contributed by atoms with Gasteiger partial charge in [-0.2, -0.15) is 0 Å². The highest BCUT2D eigenvalue weighted by Gasteiger charge is 2.57. The summed E-state index contributed by atoms with van der Waals surface area (Å²) in [6.45, 7) is 3.66. The first-order valence-corrected chi connectivity index (χ1v) is 15.8. The molecule has 0 aliphatic carbocycles. The largest absolute Gasteiger partial charge is 0.255 e. The van der Waals surface area contributed by atoms with Crippen LogP contribution in [0.15, 0.2) is 119 Å². The van der Waals surface area contributed by atoms with E-state index in [0.717, 1.165) is 18.5 Å². The molecule has 38 heavy (non-hydrogen) atoms. The van der Waals surface area contributed by atoms with Crippen molar-refractivity contribution in [2.75, 3.05) is 0 Å². The molecule has 0 aromatic heterocycles. The van der Waals surface area contributed by atoms with Gasteiger partial charge in [0, 0.05) is 0 Å². The Bertz CT molecular complexity index is 1550. The lowest BCUT2D eigenvalue weighted by molar-refractivity contribution is 0.377. The first-order chi connectivity index (χ1) is 18.1.